The van der Waals surface area contributed by atoms with Crippen molar-refractivity contribution in [2.45, 2.75) is 78.2 Å². The SMILES string of the molecule is CCc1nn(CC)c2c1COC21CCN(C(=O)OC(C)(C)C)CC1. The molecule has 3 rings (SSSR count). The molecule has 1 fully saturated rings. The number of carbonyl (C=O) groups is 1. The van der Waals surface area contributed by atoms with Crippen LogP contribution in [-0.4, -0.2) is 39.5 Å². The molecule has 1 aromatic heterocycles. The van der Waals surface area contributed by atoms with Crippen molar-refractivity contribution >= 4 is 6.09 Å². The van der Waals surface area contributed by atoms with Crippen LogP contribution >= 0.6 is 0 Å². The van der Waals surface area contributed by atoms with Crippen molar-refractivity contribution < 1.29 is 14.3 Å². The molecule has 0 saturated carbocycles. The van der Waals surface area contributed by atoms with Crippen LogP contribution in [0.25, 0.3) is 0 Å². The molecule has 1 saturated heterocycles. The molecule has 0 atom stereocenters. The lowest BCUT2D eigenvalue weighted by Gasteiger charge is -2.39. The zero-order chi connectivity index (χ0) is 17.5. The second kappa shape index (κ2) is 6.06. The Kier molecular flexibility index (Phi) is 4.36. The average Bonchev–Trinajstić information content (AvgIpc) is 3.06. The van der Waals surface area contributed by atoms with Crippen LogP contribution in [0.4, 0.5) is 4.79 Å². The summed E-state index contributed by atoms with van der Waals surface area (Å²) in [4.78, 5) is 14.1. The standard InChI is InChI=1S/C18H29N3O3/c1-6-14-13-12-23-18(15(13)21(7-2)19-14)8-10-20(11-9-18)16(22)24-17(3,4)5/h6-12H2,1-5H3. The fourth-order valence-corrected chi connectivity index (χ4v) is 3.76. The molecule has 24 heavy (non-hydrogen) atoms. The summed E-state index contributed by atoms with van der Waals surface area (Å²) in [6, 6.07) is 0. The lowest BCUT2D eigenvalue weighted by molar-refractivity contribution is -0.0845. The van der Waals surface area contributed by atoms with Crippen molar-refractivity contribution in [1.82, 2.24) is 14.7 Å². The van der Waals surface area contributed by atoms with E-state index in [2.05, 4.69) is 18.5 Å². The van der Waals surface area contributed by atoms with Gasteiger partial charge < -0.3 is 14.4 Å². The Morgan fingerprint density at radius 2 is 1.96 bits per heavy atom. The van der Waals surface area contributed by atoms with E-state index < -0.39 is 5.60 Å². The number of carbonyl (C=O) groups excluding carboxylic acids is 1. The number of hydrogen-bond acceptors (Lipinski definition) is 4. The first-order valence-corrected chi connectivity index (χ1v) is 9.00. The van der Waals surface area contributed by atoms with Crippen molar-refractivity contribution in [3.8, 4) is 0 Å². The molecule has 0 unspecified atom stereocenters. The van der Waals surface area contributed by atoms with E-state index in [0.29, 0.717) is 19.7 Å². The molecule has 0 N–H and O–H groups in total. The molecule has 3 heterocycles. The molecule has 0 radical (unpaired) electrons. The second-order valence-corrected chi connectivity index (χ2v) is 7.69. The molecule has 2 aliphatic rings. The molecular weight excluding hydrogens is 306 g/mol. The summed E-state index contributed by atoms with van der Waals surface area (Å²) in [6.45, 7) is 12.8. The first-order valence-electron chi connectivity index (χ1n) is 9.00. The van der Waals surface area contributed by atoms with E-state index in [4.69, 9.17) is 14.6 Å². The van der Waals surface area contributed by atoms with Gasteiger partial charge in [0.15, 0.2) is 0 Å². The van der Waals surface area contributed by atoms with E-state index in [1.807, 2.05) is 20.8 Å². The van der Waals surface area contributed by atoms with Gasteiger partial charge in [-0.2, -0.15) is 5.10 Å². The number of hydrogen-bond donors (Lipinski definition) is 0. The van der Waals surface area contributed by atoms with Gasteiger partial charge in [-0.25, -0.2) is 4.79 Å². The molecule has 0 aliphatic carbocycles. The number of aromatic nitrogens is 2. The Balaban J connectivity index is 1.76. The summed E-state index contributed by atoms with van der Waals surface area (Å²) >= 11 is 0. The number of rotatable bonds is 2. The minimum absolute atomic E-state index is 0.228. The highest BCUT2D eigenvalue weighted by molar-refractivity contribution is 5.68. The monoisotopic (exact) mass is 335 g/mol. The Labute approximate surface area is 144 Å². The van der Waals surface area contributed by atoms with Gasteiger partial charge in [-0.15, -0.1) is 0 Å². The molecule has 6 heteroatoms. The van der Waals surface area contributed by atoms with Crippen LogP contribution < -0.4 is 0 Å². The van der Waals surface area contributed by atoms with Gasteiger partial charge in [0.05, 0.1) is 18.0 Å². The predicted molar refractivity (Wildman–Crippen MR) is 90.8 cm³/mol. The van der Waals surface area contributed by atoms with Gasteiger partial charge in [0.25, 0.3) is 0 Å². The first kappa shape index (κ1) is 17.3. The van der Waals surface area contributed by atoms with Gasteiger partial charge in [-0.3, -0.25) is 4.68 Å². The Morgan fingerprint density at radius 3 is 2.50 bits per heavy atom. The summed E-state index contributed by atoms with van der Waals surface area (Å²) in [6.07, 6.45) is 2.30. The van der Waals surface area contributed by atoms with Gasteiger partial charge >= 0.3 is 6.09 Å². The smallest absolute Gasteiger partial charge is 0.410 e. The van der Waals surface area contributed by atoms with Crippen molar-refractivity contribution in [1.29, 1.82) is 0 Å². The van der Waals surface area contributed by atoms with Crippen LogP contribution in [0.2, 0.25) is 0 Å². The lowest BCUT2D eigenvalue weighted by atomic mass is 9.87. The zero-order valence-electron chi connectivity index (χ0n) is 15.5. The molecule has 1 aromatic rings. The van der Waals surface area contributed by atoms with Crippen LogP contribution in [0.15, 0.2) is 0 Å². The minimum atomic E-state index is -0.458. The number of ether oxygens (including phenoxy) is 2. The van der Waals surface area contributed by atoms with Crippen molar-refractivity contribution in [3.05, 3.63) is 17.0 Å². The highest BCUT2D eigenvalue weighted by atomic mass is 16.6. The second-order valence-electron chi connectivity index (χ2n) is 7.69. The third-order valence-corrected chi connectivity index (χ3v) is 4.92. The maximum absolute atomic E-state index is 12.3. The highest BCUT2D eigenvalue weighted by Gasteiger charge is 2.47. The van der Waals surface area contributed by atoms with Crippen LogP contribution in [-0.2, 0) is 34.6 Å². The Hall–Kier alpha value is -1.56. The summed E-state index contributed by atoms with van der Waals surface area (Å²) in [5.74, 6) is 0. The third-order valence-electron chi connectivity index (χ3n) is 4.92. The van der Waals surface area contributed by atoms with Gasteiger partial charge in [-0.05, 0) is 47.0 Å². The Morgan fingerprint density at radius 1 is 1.29 bits per heavy atom. The Bertz CT molecular complexity index is 622. The van der Waals surface area contributed by atoms with E-state index in [0.717, 1.165) is 31.5 Å². The largest absolute Gasteiger partial charge is 0.444 e. The molecular formula is C18H29N3O3. The number of fused-ring (bicyclic) bond motifs is 2. The quantitative estimate of drug-likeness (QED) is 0.833. The fraction of sp³-hybridized carbons (Fsp3) is 0.778. The fourth-order valence-electron chi connectivity index (χ4n) is 3.76. The van der Waals surface area contributed by atoms with Gasteiger partial charge in [0.2, 0.25) is 0 Å². The maximum Gasteiger partial charge on any atom is 0.410 e. The first-order chi connectivity index (χ1) is 11.3. The number of nitrogens with zero attached hydrogens (tertiary/aromatic N) is 3. The average molecular weight is 335 g/mol. The number of amides is 1. The maximum atomic E-state index is 12.3. The molecule has 1 spiro atoms. The predicted octanol–water partition coefficient (Wildman–Crippen LogP) is 3.22. The zero-order valence-corrected chi connectivity index (χ0v) is 15.5. The highest BCUT2D eigenvalue weighted by Crippen LogP contribution is 2.45. The molecule has 2 aliphatic heterocycles. The van der Waals surface area contributed by atoms with Crippen molar-refractivity contribution in [2.24, 2.45) is 0 Å². The number of likely N-dealkylation sites (tertiary alicyclic amines) is 1. The van der Waals surface area contributed by atoms with Gasteiger partial charge in [0, 0.05) is 25.2 Å². The van der Waals surface area contributed by atoms with E-state index in [-0.39, 0.29) is 11.7 Å². The molecule has 0 aromatic carbocycles. The van der Waals surface area contributed by atoms with Crippen molar-refractivity contribution in [2.75, 3.05) is 13.1 Å². The van der Waals surface area contributed by atoms with Crippen LogP contribution in [0.3, 0.4) is 0 Å². The van der Waals surface area contributed by atoms with E-state index in [1.54, 1.807) is 4.90 Å². The van der Waals surface area contributed by atoms with Crippen molar-refractivity contribution in [3.63, 3.8) is 0 Å². The van der Waals surface area contributed by atoms with E-state index in [9.17, 15) is 4.79 Å². The topological polar surface area (TPSA) is 56.6 Å². The summed E-state index contributed by atoms with van der Waals surface area (Å²) in [5, 5.41) is 4.75. The van der Waals surface area contributed by atoms with E-state index in [1.165, 1.54) is 11.3 Å². The minimum Gasteiger partial charge on any atom is -0.444 e. The lowest BCUT2D eigenvalue weighted by Crippen LogP contribution is -2.47. The number of aryl methyl sites for hydroxylation is 2. The molecule has 0 bridgehead atoms. The molecule has 1 amide bonds. The molecule has 134 valence electrons. The van der Waals surface area contributed by atoms with Gasteiger partial charge in [-0.1, -0.05) is 6.92 Å². The summed E-state index contributed by atoms with van der Waals surface area (Å²) in [7, 11) is 0. The summed E-state index contributed by atoms with van der Waals surface area (Å²) in [5.41, 5.74) is 2.92. The van der Waals surface area contributed by atoms with Crippen LogP contribution in [0, 0.1) is 0 Å². The third kappa shape index (κ3) is 2.92. The van der Waals surface area contributed by atoms with Crippen LogP contribution in [0.5, 0.6) is 0 Å². The van der Waals surface area contributed by atoms with E-state index >= 15 is 0 Å². The van der Waals surface area contributed by atoms with Gasteiger partial charge in [0.1, 0.15) is 11.2 Å². The van der Waals surface area contributed by atoms with Crippen LogP contribution in [0.1, 0.15) is 64.4 Å². The summed E-state index contributed by atoms with van der Waals surface area (Å²) < 4.78 is 13.9. The molecule has 6 nitrogen and oxygen atoms in total. The number of piperidine rings is 1. The normalized spacial score (nSPS) is 19.6.